The van der Waals surface area contributed by atoms with Gasteiger partial charge < -0.3 is 30.1 Å². The number of primary amides is 1. The lowest BCUT2D eigenvalue weighted by molar-refractivity contribution is -0.128. The molecule has 0 saturated carbocycles. The number of amides is 2. The Labute approximate surface area is 263 Å². The number of fused-ring (bicyclic) bond motifs is 2. The number of hydrogen-bond acceptors (Lipinski definition) is 9. The highest BCUT2D eigenvalue weighted by molar-refractivity contribution is 5.97. The summed E-state index contributed by atoms with van der Waals surface area (Å²) in [6.07, 6.45) is 5.39. The number of carbonyl (C=O) groups is 2. The highest BCUT2D eigenvalue weighted by atomic mass is 16.5. The van der Waals surface area contributed by atoms with Gasteiger partial charge in [-0.3, -0.25) is 9.59 Å². The Morgan fingerprint density at radius 1 is 1.07 bits per heavy atom. The second kappa shape index (κ2) is 13.1. The van der Waals surface area contributed by atoms with E-state index in [-0.39, 0.29) is 18.4 Å². The van der Waals surface area contributed by atoms with Crippen molar-refractivity contribution in [1.82, 2.24) is 19.8 Å². The van der Waals surface area contributed by atoms with E-state index in [1.165, 1.54) is 28.1 Å². The van der Waals surface area contributed by atoms with Crippen molar-refractivity contribution in [3.05, 3.63) is 65.4 Å². The van der Waals surface area contributed by atoms with Gasteiger partial charge >= 0.3 is 6.01 Å². The molecule has 1 aromatic heterocycles. The molecular weight excluding hydrogens is 568 g/mol. The average Bonchev–Trinajstić information content (AvgIpc) is 3.46. The number of aryl methyl sites for hydroxylation is 1. The maximum absolute atomic E-state index is 12.9. The summed E-state index contributed by atoms with van der Waals surface area (Å²) in [6.45, 7) is 6.51. The van der Waals surface area contributed by atoms with Gasteiger partial charge in [-0.1, -0.05) is 30.3 Å². The van der Waals surface area contributed by atoms with E-state index in [0.717, 1.165) is 55.5 Å². The topological polar surface area (TPSA) is 132 Å². The van der Waals surface area contributed by atoms with E-state index in [0.29, 0.717) is 44.8 Å². The van der Waals surface area contributed by atoms with Crippen LogP contribution in [0.3, 0.4) is 0 Å². The maximum Gasteiger partial charge on any atom is 0.318 e. The minimum atomic E-state index is -0.685. The summed E-state index contributed by atoms with van der Waals surface area (Å²) in [6, 6.07) is 15.4. The number of aromatic nitrogens is 2. The fraction of sp³-hybridized carbons (Fsp3) is 0.441. The number of hydrogen-bond donors (Lipinski definition) is 1. The number of likely N-dealkylation sites (tertiary alicyclic amines) is 1. The summed E-state index contributed by atoms with van der Waals surface area (Å²) in [4.78, 5) is 42.6. The molecule has 0 aliphatic carbocycles. The molecule has 3 aromatic rings. The van der Waals surface area contributed by atoms with Gasteiger partial charge in [-0.15, -0.1) is 0 Å². The number of nitrogens with zero attached hydrogens (tertiary/aromatic N) is 7. The van der Waals surface area contributed by atoms with Crippen molar-refractivity contribution in [2.75, 3.05) is 56.2 Å². The third-order valence-electron chi connectivity index (χ3n) is 9.31. The molecule has 6 rings (SSSR count). The molecule has 2 saturated heterocycles. The number of benzene rings is 2. The van der Waals surface area contributed by atoms with Gasteiger partial charge in [0.1, 0.15) is 12.4 Å². The van der Waals surface area contributed by atoms with E-state index in [2.05, 4.69) is 71.1 Å². The van der Waals surface area contributed by atoms with Crippen LogP contribution in [0.2, 0.25) is 0 Å². The van der Waals surface area contributed by atoms with E-state index in [1.807, 2.05) is 0 Å². The molecule has 0 radical (unpaired) electrons. The second-order valence-electron chi connectivity index (χ2n) is 12.2. The van der Waals surface area contributed by atoms with Gasteiger partial charge in [0.05, 0.1) is 30.8 Å². The lowest BCUT2D eigenvalue weighted by Crippen LogP contribution is -2.55. The van der Waals surface area contributed by atoms with Gasteiger partial charge in [0.15, 0.2) is 0 Å². The zero-order valence-corrected chi connectivity index (χ0v) is 26.0. The Balaban J connectivity index is 1.32. The highest BCUT2D eigenvalue weighted by Gasteiger charge is 2.34. The standard InChI is InChI=1S/C34H40N8O3/c1-23-6-3-7-24-8-4-10-29(32(23)24)40-17-14-27-28(21-40)37-34(45-22-26-9-5-16-39(26)2)38-33(27)41-18-19-42(25(20-41)13-15-35)31(44)12-11-30(36)43/h3-4,6-8,10-12,25-26H,5,9,13-14,16-22H2,1-2H3,(H2,36,43)/b12-11+/t25-,26?/m0/s1. The summed E-state index contributed by atoms with van der Waals surface area (Å²) in [7, 11) is 2.12. The number of nitriles is 1. The fourth-order valence-electron chi connectivity index (χ4n) is 6.92. The number of anilines is 2. The lowest BCUT2D eigenvalue weighted by atomic mass is 9.99. The van der Waals surface area contributed by atoms with E-state index < -0.39 is 5.91 Å². The lowest BCUT2D eigenvalue weighted by Gasteiger charge is -2.42. The number of nitrogens with two attached hydrogens (primary N) is 1. The Kier molecular flexibility index (Phi) is 8.85. The zero-order valence-electron chi connectivity index (χ0n) is 26.0. The minimum absolute atomic E-state index is 0.158. The normalized spacial score (nSPS) is 20.4. The molecule has 2 aromatic carbocycles. The minimum Gasteiger partial charge on any atom is -0.462 e. The number of likely N-dealkylation sites (N-methyl/N-ethyl adjacent to an activating group) is 1. The second-order valence-corrected chi connectivity index (χ2v) is 12.2. The van der Waals surface area contributed by atoms with Crippen molar-refractivity contribution in [3.63, 3.8) is 0 Å². The van der Waals surface area contributed by atoms with Gasteiger partial charge in [0.2, 0.25) is 11.8 Å². The predicted molar refractivity (Wildman–Crippen MR) is 173 cm³/mol. The van der Waals surface area contributed by atoms with Gasteiger partial charge in [-0.05, 0) is 56.8 Å². The summed E-state index contributed by atoms with van der Waals surface area (Å²) < 4.78 is 6.30. The first-order chi connectivity index (χ1) is 21.8. The van der Waals surface area contributed by atoms with Crippen LogP contribution >= 0.6 is 0 Å². The summed E-state index contributed by atoms with van der Waals surface area (Å²) >= 11 is 0. The molecule has 3 aliphatic rings. The quantitative estimate of drug-likeness (QED) is 0.384. The molecule has 0 bridgehead atoms. The van der Waals surface area contributed by atoms with Crippen LogP contribution in [0.5, 0.6) is 6.01 Å². The largest absolute Gasteiger partial charge is 0.462 e. The fourth-order valence-corrected chi connectivity index (χ4v) is 6.92. The van der Waals surface area contributed by atoms with Gasteiger partial charge in [0.25, 0.3) is 0 Å². The van der Waals surface area contributed by atoms with Crippen molar-refractivity contribution in [2.45, 2.75) is 51.2 Å². The number of rotatable bonds is 8. The molecule has 0 spiro atoms. The van der Waals surface area contributed by atoms with Crippen molar-refractivity contribution in [1.29, 1.82) is 5.26 Å². The molecule has 11 nitrogen and oxygen atoms in total. The van der Waals surface area contributed by atoms with Crippen LogP contribution in [0, 0.1) is 18.3 Å². The average molecular weight is 609 g/mol. The summed E-state index contributed by atoms with van der Waals surface area (Å²) in [5.41, 5.74) is 9.65. The van der Waals surface area contributed by atoms with E-state index in [1.54, 1.807) is 4.90 Å². The van der Waals surface area contributed by atoms with Crippen LogP contribution in [0.25, 0.3) is 10.8 Å². The van der Waals surface area contributed by atoms with Crippen LogP contribution in [0.1, 0.15) is 36.1 Å². The number of ether oxygens (including phenoxy) is 1. The molecule has 45 heavy (non-hydrogen) atoms. The Bertz CT molecular complexity index is 1660. The summed E-state index contributed by atoms with van der Waals surface area (Å²) in [5.74, 6) is -0.203. The van der Waals surface area contributed by atoms with Crippen LogP contribution < -0.4 is 20.3 Å². The first kappa shape index (κ1) is 30.3. The van der Waals surface area contributed by atoms with E-state index >= 15 is 0 Å². The smallest absolute Gasteiger partial charge is 0.318 e. The number of carbonyl (C=O) groups excluding carboxylic acids is 2. The molecule has 2 amide bonds. The van der Waals surface area contributed by atoms with Crippen molar-refractivity contribution in [3.8, 4) is 12.1 Å². The monoisotopic (exact) mass is 608 g/mol. The summed E-state index contributed by atoms with van der Waals surface area (Å²) in [5, 5.41) is 12.1. The first-order valence-corrected chi connectivity index (χ1v) is 15.7. The highest BCUT2D eigenvalue weighted by Crippen LogP contribution is 2.36. The Morgan fingerprint density at radius 2 is 1.89 bits per heavy atom. The Hall–Kier alpha value is -4.69. The molecule has 11 heteroatoms. The molecule has 1 unspecified atom stereocenters. The Morgan fingerprint density at radius 3 is 2.64 bits per heavy atom. The van der Waals surface area contributed by atoms with Gasteiger partial charge in [-0.2, -0.15) is 15.2 Å². The molecule has 2 fully saturated rings. The first-order valence-electron chi connectivity index (χ1n) is 15.7. The van der Waals surface area contributed by atoms with E-state index in [4.69, 9.17) is 20.4 Å². The van der Waals surface area contributed by atoms with Crippen LogP contribution in [0.15, 0.2) is 48.6 Å². The predicted octanol–water partition coefficient (Wildman–Crippen LogP) is 2.95. The van der Waals surface area contributed by atoms with Gasteiger partial charge in [-0.25, -0.2) is 0 Å². The molecular formula is C34H40N8O3. The SMILES string of the molecule is Cc1cccc2cccc(N3CCc4c(nc(OCC5CCCN5C)nc4N4CCN(C(=O)/C=C/C(N)=O)[C@@H](CC#N)C4)C3)c12. The molecule has 2 atom stereocenters. The molecule has 4 heterocycles. The van der Waals surface area contributed by atoms with Crippen LogP contribution in [0.4, 0.5) is 11.5 Å². The number of piperazine rings is 1. The van der Waals surface area contributed by atoms with Gasteiger partial charge in [0, 0.05) is 61.0 Å². The zero-order chi connectivity index (χ0) is 31.5. The van der Waals surface area contributed by atoms with Crippen LogP contribution in [-0.4, -0.2) is 90.0 Å². The van der Waals surface area contributed by atoms with Crippen molar-refractivity contribution >= 4 is 34.1 Å². The third kappa shape index (κ3) is 6.42. The maximum atomic E-state index is 12.9. The van der Waals surface area contributed by atoms with Crippen LogP contribution in [-0.2, 0) is 22.6 Å². The molecule has 2 N–H and O–H groups in total. The molecule has 234 valence electrons. The third-order valence-corrected chi connectivity index (χ3v) is 9.31. The molecule has 3 aliphatic heterocycles. The van der Waals surface area contributed by atoms with E-state index in [9.17, 15) is 14.9 Å². The van der Waals surface area contributed by atoms with Crippen molar-refractivity contribution in [2.24, 2.45) is 5.73 Å². The van der Waals surface area contributed by atoms with Crippen molar-refractivity contribution < 1.29 is 14.3 Å².